The number of aryl methyl sites for hydroxylation is 1. The Bertz CT molecular complexity index is 1240. The molecule has 0 atom stereocenters. The maximum absolute atomic E-state index is 13.0. The largest absolute Gasteiger partial charge is 0.332 e. The molecule has 0 spiro atoms. The molecule has 0 aliphatic rings. The maximum atomic E-state index is 13.0. The third kappa shape index (κ3) is 3.86. The average Bonchev–Trinajstić information content (AvgIpc) is 3.08. The van der Waals surface area contributed by atoms with Crippen molar-refractivity contribution in [3.63, 3.8) is 0 Å². The van der Waals surface area contributed by atoms with E-state index in [4.69, 9.17) is 0 Å². The van der Waals surface area contributed by atoms with E-state index in [1.807, 2.05) is 67.7 Å². The Morgan fingerprint density at radius 2 is 1.90 bits per heavy atom. The van der Waals surface area contributed by atoms with E-state index in [0.717, 1.165) is 15.6 Å². The van der Waals surface area contributed by atoms with Crippen LogP contribution in [0.4, 0.5) is 5.69 Å². The molecule has 0 saturated carbocycles. The lowest BCUT2D eigenvalue weighted by Gasteiger charge is -2.08. The van der Waals surface area contributed by atoms with Crippen LogP contribution in [0.5, 0.6) is 0 Å². The van der Waals surface area contributed by atoms with Crippen LogP contribution < -0.4 is 10.9 Å². The van der Waals surface area contributed by atoms with Crippen molar-refractivity contribution in [2.24, 2.45) is 0 Å². The molecular formula is C22H19BrN4O2. The Labute approximate surface area is 175 Å². The Balaban J connectivity index is 1.77. The summed E-state index contributed by atoms with van der Waals surface area (Å²) >= 11 is 3.40. The fourth-order valence-corrected chi connectivity index (χ4v) is 3.72. The maximum Gasteiger partial charge on any atom is 0.277 e. The van der Waals surface area contributed by atoms with Gasteiger partial charge in [0.15, 0.2) is 0 Å². The van der Waals surface area contributed by atoms with Gasteiger partial charge < -0.3 is 9.88 Å². The van der Waals surface area contributed by atoms with Gasteiger partial charge in [-0.05, 0) is 30.7 Å². The number of anilines is 1. The summed E-state index contributed by atoms with van der Waals surface area (Å²) in [7, 11) is 0. The van der Waals surface area contributed by atoms with E-state index in [-0.39, 0.29) is 18.0 Å². The normalized spacial score (nSPS) is 11.0. The molecule has 7 heteroatoms. The molecule has 2 heterocycles. The second-order valence-electron chi connectivity index (χ2n) is 6.63. The predicted molar refractivity (Wildman–Crippen MR) is 118 cm³/mol. The monoisotopic (exact) mass is 450 g/mol. The van der Waals surface area contributed by atoms with E-state index in [2.05, 4.69) is 26.2 Å². The van der Waals surface area contributed by atoms with Crippen molar-refractivity contribution >= 4 is 38.6 Å². The Hall–Kier alpha value is -3.19. The highest BCUT2D eigenvalue weighted by Crippen LogP contribution is 2.27. The van der Waals surface area contributed by atoms with E-state index in [9.17, 15) is 9.59 Å². The summed E-state index contributed by atoms with van der Waals surface area (Å²) in [5.41, 5.74) is 3.34. The first-order chi connectivity index (χ1) is 14.1. The molecule has 0 aliphatic carbocycles. The molecule has 0 aliphatic heterocycles. The quantitative estimate of drug-likeness (QED) is 0.493. The van der Waals surface area contributed by atoms with Crippen LogP contribution in [0.1, 0.15) is 6.92 Å². The fourth-order valence-electron chi connectivity index (χ4n) is 3.32. The number of nitrogens with one attached hydrogen (secondary N) is 1. The second kappa shape index (κ2) is 8.05. The topological polar surface area (TPSA) is 68.9 Å². The van der Waals surface area contributed by atoms with Crippen molar-refractivity contribution in [3.8, 4) is 11.1 Å². The first-order valence-corrected chi connectivity index (χ1v) is 10.0. The van der Waals surface area contributed by atoms with Crippen LogP contribution in [-0.2, 0) is 17.9 Å². The van der Waals surface area contributed by atoms with E-state index < -0.39 is 0 Å². The number of aromatic nitrogens is 3. The van der Waals surface area contributed by atoms with Crippen LogP contribution in [0.2, 0.25) is 0 Å². The van der Waals surface area contributed by atoms with Crippen molar-refractivity contribution in [2.45, 2.75) is 20.0 Å². The van der Waals surface area contributed by atoms with Crippen LogP contribution >= 0.6 is 15.9 Å². The van der Waals surface area contributed by atoms with E-state index >= 15 is 0 Å². The number of benzene rings is 2. The molecule has 4 aromatic rings. The first-order valence-electron chi connectivity index (χ1n) is 9.26. The fraction of sp³-hybridized carbons (Fsp3) is 0.136. The number of halogens is 1. The summed E-state index contributed by atoms with van der Waals surface area (Å²) < 4.78 is 4.11. The average molecular weight is 451 g/mol. The van der Waals surface area contributed by atoms with Gasteiger partial charge in [0.25, 0.3) is 5.56 Å². The first kappa shape index (κ1) is 19.1. The molecule has 0 saturated heterocycles. The minimum absolute atomic E-state index is 0.0144. The van der Waals surface area contributed by atoms with E-state index in [0.29, 0.717) is 23.3 Å². The third-order valence-electron chi connectivity index (χ3n) is 4.69. The van der Waals surface area contributed by atoms with Crippen LogP contribution in [0.3, 0.4) is 0 Å². The summed E-state index contributed by atoms with van der Waals surface area (Å²) in [5.74, 6) is -0.217. The van der Waals surface area contributed by atoms with Gasteiger partial charge in [-0.1, -0.05) is 52.3 Å². The van der Waals surface area contributed by atoms with Crippen molar-refractivity contribution in [1.29, 1.82) is 0 Å². The summed E-state index contributed by atoms with van der Waals surface area (Å²) in [4.78, 5) is 30.2. The zero-order chi connectivity index (χ0) is 20.4. The molecule has 29 heavy (non-hydrogen) atoms. The number of amides is 1. The van der Waals surface area contributed by atoms with Crippen LogP contribution in [0, 0.1) is 0 Å². The summed E-state index contributed by atoms with van der Waals surface area (Å²) in [6.07, 6.45) is 3.39. The molecule has 6 nitrogen and oxygen atoms in total. The summed E-state index contributed by atoms with van der Waals surface area (Å²) in [6, 6.07) is 17.1. The van der Waals surface area contributed by atoms with Gasteiger partial charge in [-0.2, -0.15) is 0 Å². The minimum atomic E-state index is -0.217. The van der Waals surface area contributed by atoms with Crippen LogP contribution in [0.25, 0.3) is 22.2 Å². The number of fused-ring (bicyclic) bond motifs is 1. The third-order valence-corrected chi connectivity index (χ3v) is 5.18. The molecule has 0 radical (unpaired) electrons. The molecule has 0 fully saturated rings. The SMILES string of the molecule is CCn1cnc2c(-c3ccccc3)cn(CC(=O)Nc3cccc(Br)c3)c2c1=O. The number of rotatable bonds is 5. The highest BCUT2D eigenvalue weighted by atomic mass is 79.9. The molecule has 1 amide bonds. The minimum Gasteiger partial charge on any atom is -0.332 e. The standard InChI is InChI=1S/C22H19BrN4O2/c1-2-26-14-24-20-18(15-7-4-3-5-8-15)12-27(21(20)22(26)29)13-19(28)25-17-10-6-9-16(23)11-17/h3-12,14H,2,13H2,1H3,(H,25,28). The smallest absolute Gasteiger partial charge is 0.277 e. The Morgan fingerprint density at radius 1 is 1.10 bits per heavy atom. The number of hydrogen-bond donors (Lipinski definition) is 1. The van der Waals surface area contributed by atoms with Crippen molar-refractivity contribution in [3.05, 3.63) is 81.9 Å². The van der Waals surface area contributed by atoms with Gasteiger partial charge in [0.1, 0.15) is 17.6 Å². The molecule has 0 unspecified atom stereocenters. The van der Waals surface area contributed by atoms with E-state index in [1.54, 1.807) is 15.5 Å². The molecular weight excluding hydrogens is 432 g/mol. The zero-order valence-corrected chi connectivity index (χ0v) is 17.4. The van der Waals surface area contributed by atoms with Gasteiger partial charge in [-0.3, -0.25) is 14.2 Å². The molecule has 1 N–H and O–H groups in total. The number of nitrogens with zero attached hydrogens (tertiary/aromatic N) is 3. The highest BCUT2D eigenvalue weighted by molar-refractivity contribution is 9.10. The van der Waals surface area contributed by atoms with Crippen LogP contribution in [0.15, 0.2) is 76.4 Å². The van der Waals surface area contributed by atoms with Gasteiger partial charge in [0, 0.05) is 28.5 Å². The molecule has 4 rings (SSSR count). The summed E-state index contributed by atoms with van der Waals surface area (Å²) in [6.45, 7) is 2.42. The van der Waals surface area contributed by atoms with Crippen LogP contribution in [-0.4, -0.2) is 20.0 Å². The van der Waals surface area contributed by atoms with Gasteiger partial charge in [0.05, 0.1) is 6.33 Å². The van der Waals surface area contributed by atoms with Crippen molar-refractivity contribution in [2.75, 3.05) is 5.32 Å². The van der Waals surface area contributed by atoms with Crippen molar-refractivity contribution in [1.82, 2.24) is 14.1 Å². The molecule has 0 bridgehead atoms. The lowest BCUT2D eigenvalue weighted by atomic mass is 10.1. The number of carbonyl (C=O) groups excluding carboxylic acids is 1. The molecule has 146 valence electrons. The summed E-state index contributed by atoms with van der Waals surface area (Å²) in [5, 5.41) is 2.87. The van der Waals surface area contributed by atoms with Gasteiger partial charge in [0.2, 0.25) is 5.91 Å². The van der Waals surface area contributed by atoms with Crippen molar-refractivity contribution < 1.29 is 4.79 Å². The Kier molecular flexibility index (Phi) is 5.31. The van der Waals surface area contributed by atoms with Gasteiger partial charge in [-0.15, -0.1) is 0 Å². The molecule has 2 aromatic carbocycles. The number of carbonyl (C=O) groups is 1. The molecule has 2 aromatic heterocycles. The van der Waals surface area contributed by atoms with Gasteiger partial charge in [-0.25, -0.2) is 4.98 Å². The van der Waals surface area contributed by atoms with E-state index in [1.165, 1.54) is 0 Å². The number of hydrogen-bond acceptors (Lipinski definition) is 3. The second-order valence-corrected chi connectivity index (χ2v) is 7.54. The van der Waals surface area contributed by atoms with Gasteiger partial charge >= 0.3 is 0 Å². The lowest BCUT2D eigenvalue weighted by molar-refractivity contribution is -0.116. The zero-order valence-electron chi connectivity index (χ0n) is 15.8. The Morgan fingerprint density at radius 3 is 2.62 bits per heavy atom. The lowest BCUT2D eigenvalue weighted by Crippen LogP contribution is -2.24. The highest BCUT2D eigenvalue weighted by Gasteiger charge is 2.17. The predicted octanol–water partition coefficient (Wildman–Crippen LogP) is 4.29.